The molecule has 5 nitrogen and oxygen atoms in total. The summed E-state index contributed by atoms with van der Waals surface area (Å²) in [5.74, 6) is 2.87. The van der Waals surface area contributed by atoms with E-state index in [0.29, 0.717) is 11.9 Å². The van der Waals surface area contributed by atoms with Crippen molar-refractivity contribution < 1.29 is 4.74 Å². The average Bonchev–Trinajstić information content (AvgIpc) is 2.73. The molecular weight excluding hydrogens is 348 g/mol. The van der Waals surface area contributed by atoms with Crippen molar-refractivity contribution in [1.29, 1.82) is 0 Å². The minimum Gasteiger partial charge on any atom is -0.497 e. The number of ether oxygens (including phenoxy) is 1. The van der Waals surface area contributed by atoms with Gasteiger partial charge in [-0.05, 0) is 47.7 Å². The lowest BCUT2D eigenvalue weighted by Crippen LogP contribution is -2.31. The first-order chi connectivity index (χ1) is 13.6. The monoisotopic (exact) mass is 374 g/mol. The van der Waals surface area contributed by atoms with Crippen molar-refractivity contribution >= 4 is 17.5 Å². The summed E-state index contributed by atoms with van der Waals surface area (Å²) in [4.78, 5) is 11.9. The lowest BCUT2D eigenvalue weighted by Gasteiger charge is -2.30. The molecule has 5 heteroatoms. The normalized spacial score (nSPS) is 13.4. The van der Waals surface area contributed by atoms with Crippen molar-refractivity contribution in [3.05, 3.63) is 71.4 Å². The number of nitrogens with zero attached hydrogens (tertiary/aromatic N) is 3. The van der Waals surface area contributed by atoms with E-state index in [0.717, 1.165) is 42.5 Å². The molecule has 0 amide bonds. The lowest BCUT2D eigenvalue weighted by atomic mass is 9.99. The molecule has 1 N–H and O–H groups in total. The standard InChI is InChI=1S/C23H26N4O/c1-16(2)21-14-22(26-23(25-21)24-19-7-5-4-6-8-19)27-12-11-17-13-20(28-3)10-9-18(17)15-27/h4-10,13-14,16H,11-12,15H2,1-3H3,(H,24,25,26). The van der Waals surface area contributed by atoms with Crippen LogP contribution >= 0.6 is 0 Å². The third-order valence-corrected chi connectivity index (χ3v) is 5.10. The van der Waals surface area contributed by atoms with Crippen LogP contribution in [0.25, 0.3) is 0 Å². The maximum atomic E-state index is 5.36. The summed E-state index contributed by atoms with van der Waals surface area (Å²) in [6, 6.07) is 18.5. The van der Waals surface area contributed by atoms with E-state index in [9.17, 15) is 0 Å². The van der Waals surface area contributed by atoms with Crippen LogP contribution in [-0.4, -0.2) is 23.6 Å². The lowest BCUT2D eigenvalue weighted by molar-refractivity contribution is 0.413. The number of benzene rings is 2. The molecule has 0 atom stereocenters. The topological polar surface area (TPSA) is 50.3 Å². The van der Waals surface area contributed by atoms with Gasteiger partial charge in [-0.25, -0.2) is 4.98 Å². The van der Waals surface area contributed by atoms with Crippen molar-refractivity contribution in [3.63, 3.8) is 0 Å². The van der Waals surface area contributed by atoms with E-state index >= 15 is 0 Å². The third kappa shape index (κ3) is 3.93. The second-order valence-electron chi connectivity index (χ2n) is 7.43. The second kappa shape index (κ2) is 7.89. The van der Waals surface area contributed by atoms with Gasteiger partial charge in [-0.2, -0.15) is 4.98 Å². The van der Waals surface area contributed by atoms with Gasteiger partial charge >= 0.3 is 0 Å². The van der Waals surface area contributed by atoms with Crippen LogP contribution in [0, 0.1) is 0 Å². The Hall–Kier alpha value is -3.08. The molecule has 0 spiro atoms. The zero-order valence-electron chi connectivity index (χ0n) is 16.6. The van der Waals surface area contributed by atoms with E-state index in [1.807, 2.05) is 36.4 Å². The molecule has 0 aliphatic carbocycles. The number of hydrogen-bond donors (Lipinski definition) is 1. The van der Waals surface area contributed by atoms with Gasteiger partial charge in [0.1, 0.15) is 11.6 Å². The zero-order valence-corrected chi connectivity index (χ0v) is 16.6. The maximum Gasteiger partial charge on any atom is 0.229 e. The summed E-state index contributed by atoms with van der Waals surface area (Å²) in [5, 5.41) is 3.35. The van der Waals surface area contributed by atoms with Crippen LogP contribution in [-0.2, 0) is 13.0 Å². The smallest absolute Gasteiger partial charge is 0.229 e. The quantitative estimate of drug-likeness (QED) is 0.687. The summed E-state index contributed by atoms with van der Waals surface area (Å²) in [6.07, 6.45) is 0.981. The SMILES string of the molecule is COc1ccc2c(c1)CCN(c1cc(C(C)C)nc(Nc3ccccc3)n1)C2. The van der Waals surface area contributed by atoms with Crippen LogP contribution in [0.3, 0.4) is 0 Å². The van der Waals surface area contributed by atoms with Crippen LogP contribution in [0.1, 0.15) is 36.6 Å². The van der Waals surface area contributed by atoms with E-state index in [1.54, 1.807) is 7.11 Å². The van der Waals surface area contributed by atoms with Gasteiger partial charge in [-0.15, -0.1) is 0 Å². The van der Waals surface area contributed by atoms with Gasteiger partial charge in [0.25, 0.3) is 0 Å². The number of hydrogen-bond acceptors (Lipinski definition) is 5. The van der Waals surface area contributed by atoms with Crippen molar-refractivity contribution in [2.75, 3.05) is 23.9 Å². The molecule has 1 aromatic heterocycles. The number of aromatic nitrogens is 2. The minimum absolute atomic E-state index is 0.333. The predicted molar refractivity (Wildman–Crippen MR) is 114 cm³/mol. The summed E-state index contributed by atoms with van der Waals surface area (Å²) in [5.41, 5.74) is 4.72. The Morgan fingerprint density at radius 3 is 2.57 bits per heavy atom. The molecule has 1 aliphatic heterocycles. The Labute approximate surface area is 166 Å². The van der Waals surface area contributed by atoms with Gasteiger partial charge in [-0.3, -0.25) is 0 Å². The maximum absolute atomic E-state index is 5.36. The molecule has 4 rings (SSSR count). The second-order valence-corrected chi connectivity index (χ2v) is 7.43. The van der Waals surface area contributed by atoms with Gasteiger partial charge in [0.2, 0.25) is 5.95 Å². The van der Waals surface area contributed by atoms with Gasteiger partial charge < -0.3 is 15.0 Å². The van der Waals surface area contributed by atoms with Crippen LogP contribution in [0.5, 0.6) is 5.75 Å². The molecule has 144 valence electrons. The van der Waals surface area contributed by atoms with E-state index in [1.165, 1.54) is 11.1 Å². The predicted octanol–water partition coefficient (Wildman–Crippen LogP) is 4.91. The van der Waals surface area contributed by atoms with E-state index < -0.39 is 0 Å². The first-order valence-corrected chi connectivity index (χ1v) is 9.74. The van der Waals surface area contributed by atoms with Crippen molar-refractivity contribution in [2.45, 2.75) is 32.7 Å². The average molecular weight is 374 g/mol. The van der Waals surface area contributed by atoms with Crippen LogP contribution in [0.4, 0.5) is 17.5 Å². The Morgan fingerprint density at radius 2 is 1.82 bits per heavy atom. The van der Waals surface area contributed by atoms with E-state index in [-0.39, 0.29) is 0 Å². The highest BCUT2D eigenvalue weighted by Gasteiger charge is 2.20. The third-order valence-electron chi connectivity index (χ3n) is 5.10. The highest BCUT2D eigenvalue weighted by molar-refractivity contribution is 5.56. The fourth-order valence-corrected chi connectivity index (χ4v) is 3.47. The number of anilines is 3. The van der Waals surface area contributed by atoms with Gasteiger partial charge in [0.15, 0.2) is 0 Å². The molecule has 0 fully saturated rings. The highest BCUT2D eigenvalue weighted by Crippen LogP contribution is 2.28. The molecular formula is C23H26N4O. The number of rotatable bonds is 5. The first kappa shape index (κ1) is 18.3. The summed E-state index contributed by atoms with van der Waals surface area (Å²) >= 11 is 0. The fraction of sp³-hybridized carbons (Fsp3) is 0.304. The molecule has 0 bridgehead atoms. The fourth-order valence-electron chi connectivity index (χ4n) is 3.47. The van der Waals surface area contributed by atoms with Gasteiger partial charge in [0, 0.05) is 24.8 Å². The molecule has 2 aromatic carbocycles. The molecule has 3 aromatic rings. The molecule has 0 saturated heterocycles. The highest BCUT2D eigenvalue weighted by atomic mass is 16.5. The summed E-state index contributed by atoms with van der Waals surface area (Å²) in [7, 11) is 1.71. The Bertz CT molecular complexity index is 956. The number of nitrogens with one attached hydrogen (secondary N) is 1. The number of fused-ring (bicyclic) bond motifs is 1. The number of para-hydroxylation sites is 1. The van der Waals surface area contributed by atoms with Crippen molar-refractivity contribution in [2.24, 2.45) is 0 Å². The Morgan fingerprint density at radius 1 is 1.00 bits per heavy atom. The van der Waals surface area contributed by atoms with Crippen LogP contribution < -0.4 is 15.0 Å². The van der Waals surface area contributed by atoms with Crippen LogP contribution in [0.15, 0.2) is 54.6 Å². The van der Waals surface area contributed by atoms with E-state index in [2.05, 4.69) is 42.3 Å². The molecule has 0 radical (unpaired) electrons. The van der Waals surface area contributed by atoms with Crippen molar-refractivity contribution in [3.8, 4) is 5.75 Å². The Kier molecular flexibility index (Phi) is 5.15. The van der Waals surface area contributed by atoms with Crippen LogP contribution in [0.2, 0.25) is 0 Å². The first-order valence-electron chi connectivity index (χ1n) is 9.74. The van der Waals surface area contributed by atoms with Crippen molar-refractivity contribution in [1.82, 2.24) is 9.97 Å². The molecule has 1 aliphatic rings. The molecule has 28 heavy (non-hydrogen) atoms. The van der Waals surface area contributed by atoms with Gasteiger partial charge in [-0.1, -0.05) is 38.1 Å². The largest absolute Gasteiger partial charge is 0.497 e. The Balaban J connectivity index is 1.63. The minimum atomic E-state index is 0.333. The molecule has 0 unspecified atom stereocenters. The summed E-state index contributed by atoms with van der Waals surface area (Å²) < 4.78 is 5.36. The van der Waals surface area contributed by atoms with E-state index in [4.69, 9.17) is 14.7 Å². The molecule has 2 heterocycles. The summed E-state index contributed by atoms with van der Waals surface area (Å²) in [6.45, 7) is 6.10. The molecule has 0 saturated carbocycles. The van der Waals surface area contributed by atoms with Gasteiger partial charge in [0.05, 0.1) is 12.8 Å². The zero-order chi connectivity index (χ0) is 19.5. The number of methoxy groups -OCH3 is 1.